The highest BCUT2D eigenvalue weighted by Crippen LogP contribution is 2.18. The molecule has 0 saturated heterocycles. The summed E-state index contributed by atoms with van der Waals surface area (Å²) in [6.07, 6.45) is 1.62. The highest BCUT2D eigenvalue weighted by atomic mass is 16.3. The summed E-state index contributed by atoms with van der Waals surface area (Å²) >= 11 is 0. The third-order valence-corrected chi connectivity index (χ3v) is 2.27. The van der Waals surface area contributed by atoms with Crippen LogP contribution in [0.2, 0.25) is 0 Å². The molecule has 0 fully saturated rings. The van der Waals surface area contributed by atoms with Crippen LogP contribution >= 0.6 is 0 Å². The lowest BCUT2D eigenvalue weighted by Gasteiger charge is -2.17. The van der Waals surface area contributed by atoms with Gasteiger partial charge in [0.25, 0.3) is 0 Å². The molecule has 0 saturated carbocycles. The lowest BCUT2D eigenvalue weighted by molar-refractivity contribution is 0.0111. The van der Waals surface area contributed by atoms with Crippen LogP contribution in [0.15, 0.2) is 12.3 Å². The molecule has 0 bridgehead atoms. The fourth-order valence-electron chi connectivity index (χ4n) is 1.41. The van der Waals surface area contributed by atoms with Gasteiger partial charge in [-0.3, -0.25) is 4.68 Å². The molecule has 0 aliphatic heterocycles. The normalized spacial score (nSPS) is 15.4. The Morgan fingerprint density at radius 3 is 2.71 bits per heavy atom. The first kappa shape index (κ1) is 11.2. The first-order chi connectivity index (χ1) is 6.70. The summed E-state index contributed by atoms with van der Waals surface area (Å²) in [5.74, 6) is 0. The number of nitrogens with zero attached hydrogens (tertiary/aromatic N) is 2. The Labute approximate surface area is 84.2 Å². The lowest BCUT2D eigenvalue weighted by atomic mass is 10.1. The van der Waals surface area contributed by atoms with Crippen molar-refractivity contribution in [3.8, 4) is 0 Å². The SMILES string of the molecule is CCCn1nccc1C(O)C(O)CC. The first-order valence-corrected chi connectivity index (χ1v) is 5.08. The van der Waals surface area contributed by atoms with Gasteiger partial charge in [-0.2, -0.15) is 5.10 Å². The zero-order chi connectivity index (χ0) is 10.6. The van der Waals surface area contributed by atoms with Gasteiger partial charge in [0.1, 0.15) is 6.10 Å². The molecular formula is C10H18N2O2. The number of aliphatic hydroxyl groups excluding tert-OH is 2. The van der Waals surface area contributed by atoms with E-state index in [-0.39, 0.29) is 0 Å². The molecule has 0 aromatic carbocycles. The Bertz CT molecular complexity index is 273. The number of hydrogen-bond acceptors (Lipinski definition) is 3. The van der Waals surface area contributed by atoms with Gasteiger partial charge in [-0.05, 0) is 18.9 Å². The maximum absolute atomic E-state index is 9.77. The van der Waals surface area contributed by atoms with Crippen molar-refractivity contribution < 1.29 is 10.2 Å². The van der Waals surface area contributed by atoms with Crippen LogP contribution in [0.1, 0.15) is 38.5 Å². The molecular weight excluding hydrogens is 180 g/mol. The van der Waals surface area contributed by atoms with E-state index in [4.69, 9.17) is 0 Å². The van der Waals surface area contributed by atoms with Crippen LogP contribution < -0.4 is 0 Å². The molecule has 1 aromatic heterocycles. The van der Waals surface area contributed by atoms with Crippen LogP contribution in [0.25, 0.3) is 0 Å². The molecule has 0 spiro atoms. The van der Waals surface area contributed by atoms with Crippen molar-refractivity contribution in [1.82, 2.24) is 9.78 Å². The Kier molecular flexibility index (Phi) is 4.10. The number of rotatable bonds is 5. The van der Waals surface area contributed by atoms with Crippen molar-refractivity contribution >= 4 is 0 Å². The van der Waals surface area contributed by atoms with E-state index in [0.717, 1.165) is 13.0 Å². The summed E-state index contributed by atoms with van der Waals surface area (Å²) in [4.78, 5) is 0. The van der Waals surface area contributed by atoms with Crippen LogP contribution in [0.5, 0.6) is 0 Å². The third kappa shape index (κ3) is 2.33. The number of hydrogen-bond donors (Lipinski definition) is 2. The molecule has 0 aliphatic carbocycles. The summed E-state index contributed by atoms with van der Waals surface area (Å²) in [6.45, 7) is 4.67. The maximum Gasteiger partial charge on any atom is 0.121 e. The van der Waals surface area contributed by atoms with Crippen molar-refractivity contribution in [1.29, 1.82) is 0 Å². The van der Waals surface area contributed by atoms with Gasteiger partial charge in [0, 0.05) is 12.7 Å². The van der Waals surface area contributed by atoms with Gasteiger partial charge in [-0.1, -0.05) is 13.8 Å². The Morgan fingerprint density at radius 2 is 2.14 bits per heavy atom. The smallest absolute Gasteiger partial charge is 0.121 e. The zero-order valence-corrected chi connectivity index (χ0v) is 8.72. The van der Waals surface area contributed by atoms with Gasteiger partial charge >= 0.3 is 0 Å². The molecule has 80 valence electrons. The molecule has 0 aliphatic rings. The quantitative estimate of drug-likeness (QED) is 0.744. The third-order valence-electron chi connectivity index (χ3n) is 2.27. The second-order valence-corrected chi connectivity index (χ2v) is 3.40. The molecule has 1 aromatic rings. The fourth-order valence-corrected chi connectivity index (χ4v) is 1.41. The van der Waals surface area contributed by atoms with E-state index in [0.29, 0.717) is 12.1 Å². The minimum absolute atomic E-state index is 0.540. The Balaban J connectivity index is 2.77. The molecule has 2 N–H and O–H groups in total. The minimum atomic E-state index is -0.825. The van der Waals surface area contributed by atoms with E-state index in [1.165, 1.54) is 0 Å². The van der Waals surface area contributed by atoms with Gasteiger partial charge in [0.15, 0.2) is 0 Å². The maximum atomic E-state index is 9.77. The van der Waals surface area contributed by atoms with Crippen LogP contribution in [0.4, 0.5) is 0 Å². The minimum Gasteiger partial charge on any atom is -0.390 e. The standard InChI is InChI=1S/C10H18N2O2/c1-3-7-12-8(5-6-11-12)10(14)9(13)4-2/h5-6,9-10,13-14H,3-4,7H2,1-2H3. The average Bonchev–Trinajstić information content (AvgIpc) is 2.64. The van der Waals surface area contributed by atoms with Crippen molar-refractivity contribution in [3.63, 3.8) is 0 Å². The summed E-state index contributed by atoms with van der Waals surface area (Å²) in [7, 11) is 0. The zero-order valence-electron chi connectivity index (χ0n) is 8.72. The molecule has 4 heteroatoms. The monoisotopic (exact) mass is 198 g/mol. The fraction of sp³-hybridized carbons (Fsp3) is 0.700. The largest absolute Gasteiger partial charge is 0.390 e. The van der Waals surface area contributed by atoms with Gasteiger partial charge in [0.05, 0.1) is 11.8 Å². The van der Waals surface area contributed by atoms with Crippen molar-refractivity contribution in [2.24, 2.45) is 0 Å². The molecule has 2 unspecified atom stereocenters. The van der Waals surface area contributed by atoms with Crippen LogP contribution in [0.3, 0.4) is 0 Å². The van der Waals surface area contributed by atoms with Crippen LogP contribution in [0, 0.1) is 0 Å². The molecule has 0 radical (unpaired) electrons. The van der Waals surface area contributed by atoms with Gasteiger partial charge < -0.3 is 10.2 Å². The predicted molar refractivity (Wildman–Crippen MR) is 53.8 cm³/mol. The summed E-state index contributed by atoms with van der Waals surface area (Å²) in [6, 6.07) is 1.75. The predicted octanol–water partition coefficient (Wildman–Crippen LogP) is 1.10. The van der Waals surface area contributed by atoms with E-state index < -0.39 is 12.2 Å². The van der Waals surface area contributed by atoms with Crippen molar-refractivity contribution in [3.05, 3.63) is 18.0 Å². The van der Waals surface area contributed by atoms with E-state index in [1.54, 1.807) is 16.9 Å². The number of aromatic nitrogens is 2. The lowest BCUT2D eigenvalue weighted by Crippen LogP contribution is -2.20. The number of aliphatic hydroxyl groups is 2. The van der Waals surface area contributed by atoms with Gasteiger partial charge in [-0.15, -0.1) is 0 Å². The molecule has 4 nitrogen and oxygen atoms in total. The first-order valence-electron chi connectivity index (χ1n) is 5.08. The van der Waals surface area contributed by atoms with Gasteiger partial charge in [-0.25, -0.2) is 0 Å². The topological polar surface area (TPSA) is 58.3 Å². The van der Waals surface area contributed by atoms with Crippen molar-refractivity contribution in [2.45, 2.75) is 45.4 Å². The Morgan fingerprint density at radius 1 is 1.43 bits per heavy atom. The molecule has 1 heterocycles. The number of aryl methyl sites for hydroxylation is 1. The van der Waals surface area contributed by atoms with Crippen LogP contribution in [-0.4, -0.2) is 26.1 Å². The highest BCUT2D eigenvalue weighted by Gasteiger charge is 2.19. The summed E-state index contributed by atoms with van der Waals surface area (Å²) in [5, 5.41) is 23.4. The second-order valence-electron chi connectivity index (χ2n) is 3.40. The second kappa shape index (κ2) is 5.12. The highest BCUT2D eigenvalue weighted by molar-refractivity contribution is 5.06. The average molecular weight is 198 g/mol. The van der Waals surface area contributed by atoms with E-state index >= 15 is 0 Å². The molecule has 2 atom stereocenters. The van der Waals surface area contributed by atoms with E-state index in [9.17, 15) is 10.2 Å². The summed E-state index contributed by atoms with van der Waals surface area (Å²) < 4.78 is 1.74. The Hall–Kier alpha value is -0.870. The molecule has 14 heavy (non-hydrogen) atoms. The van der Waals surface area contributed by atoms with Gasteiger partial charge in [0.2, 0.25) is 0 Å². The molecule has 0 amide bonds. The molecule has 1 rings (SSSR count). The van der Waals surface area contributed by atoms with E-state index in [1.807, 2.05) is 13.8 Å². The van der Waals surface area contributed by atoms with E-state index in [2.05, 4.69) is 5.10 Å². The summed E-state index contributed by atoms with van der Waals surface area (Å²) in [5.41, 5.74) is 0.696. The van der Waals surface area contributed by atoms with Crippen LogP contribution in [-0.2, 0) is 6.54 Å². The van der Waals surface area contributed by atoms with Crippen molar-refractivity contribution in [2.75, 3.05) is 0 Å².